The highest BCUT2D eigenvalue weighted by Gasteiger charge is 2.31. The second kappa shape index (κ2) is 6.76. The van der Waals surface area contributed by atoms with E-state index in [1.165, 1.54) is 6.07 Å². The monoisotopic (exact) mass is 337 g/mol. The van der Waals surface area contributed by atoms with E-state index in [-0.39, 0.29) is 5.56 Å². The maximum atomic E-state index is 12.6. The van der Waals surface area contributed by atoms with Crippen molar-refractivity contribution in [1.29, 1.82) is 0 Å². The number of halogens is 3. The fraction of sp³-hybridized carbons (Fsp3) is 0.412. The quantitative estimate of drug-likeness (QED) is 0.901. The van der Waals surface area contributed by atoms with E-state index in [4.69, 9.17) is 0 Å². The largest absolute Gasteiger partial charge is 0.507 e. The predicted octanol–water partition coefficient (Wildman–Crippen LogP) is 3.41. The summed E-state index contributed by atoms with van der Waals surface area (Å²) in [5.74, 6) is 0.0710. The Morgan fingerprint density at radius 1 is 1.17 bits per heavy atom. The maximum absolute atomic E-state index is 12.6. The van der Waals surface area contributed by atoms with Crippen molar-refractivity contribution in [2.45, 2.75) is 25.4 Å². The first-order chi connectivity index (χ1) is 11.4. The third-order valence-corrected chi connectivity index (χ3v) is 4.22. The molecule has 1 atom stereocenters. The SMILES string of the molecule is Oc1cc(C(F)(F)F)ccc1-c1ccc(CC2CCCNC2)nn1. The summed E-state index contributed by atoms with van der Waals surface area (Å²) in [4.78, 5) is 0. The lowest BCUT2D eigenvalue weighted by Gasteiger charge is -2.22. The van der Waals surface area contributed by atoms with Crippen LogP contribution < -0.4 is 5.32 Å². The van der Waals surface area contributed by atoms with Crippen molar-refractivity contribution in [3.05, 3.63) is 41.6 Å². The van der Waals surface area contributed by atoms with Crippen LogP contribution in [0.15, 0.2) is 30.3 Å². The minimum Gasteiger partial charge on any atom is -0.507 e. The van der Waals surface area contributed by atoms with Crippen molar-refractivity contribution in [2.24, 2.45) is 5.92 Å². The molecule has 24 heavy (non-hydrogen) atoms. The molecule has 2 N–H and O–H groups in total. The molecule has 7 heteroatoms. The maximum Gasteiger partial charge on any atom is 0.416 e. The zero-order valence-electron chi connectivity index (χ0n) is 13.0. The fourth-order valence-corrected chi connectivity index (χ4v) is 2.93. The van der Waals surface area contributed by atoms with Crippen LogP contribution in [0.25, 0.3) is 11.3 Å². The summed E-state index contributed by atoms with van der Waals surface area (Å²) >= 11 is 0. The molecule has 1 aliphatic heterocycles. The normalized spacial score (nSPS) is 18.5. The highest BCUT2D eigenvalue weighted by atomic mass is 19.4. The second-order valence-corrected chi connectivity index (χ2v) is 6.06. The van der Waals surface area contributed by atoms with Gasteiger partial charge >= 0.3 is 6.18 Å². The molecule has 1 saturated heterocycles. The third-order valence-electron chi connectivity index (χ3n) is 4.22. The molecular formula is C17H18F3N3O. The number of hydrogen-bond donors (Lipinski definition) is 2. The number of rotatable bonds is 3. The minimum atomic E-state index is -4.49. The summed E-state index contributed by atoms with van der Waals surface area (Å²) in [5, 5.41) is 21.4. The number of nitrogens with one attached hydrogen (secondary N) is 1. The number of alkyl halides is 3. The Bertz CT molecular complexity index is 695. The van der Waals surface area contributed by atoms with Gasteiger partial charge in [-0.15, -0.1) is 0 Å². The van der Waals surface area contributed by atoms with Crippen molar-refractivity contribution in [3.8, 4) is 17.0 Å². The number of aromatic hydroxyl groups is 1. The van der Waals surface area contributed by atoms with Gasteiger partial charge in [0.25, 0.3) is 0 Å². The summed E-state index contributed by atoms with van der Waals surface area (Å²) in [6, 6.07) is 6.35. The highest BCUT2D eigenvalue weighted by Crippen LogP contribution is 2.35. The lowest BCUT2D eigenvalue weighted by atomic mass is 9.94. The van der Waals surface area contributed by atoms with E-state index in [0.717, 1.165) is 44.1 Å². The van der Waals surface area contributed by atoms with Crippen molar-refractivity contribution < 1.29 is 18.3 Å². The molecule has 128 valence electrons. The van der Waals surface area contributed by atoms with Gasteiger partial charge < -0.3 is 10.4 Å². The Morgan fingerprint density at radius 2 is 2.00 bits per heavy atom. The van der Waals surface area contributed by atoms with Crippen LogP contribution in [0.5, 0.6) is 5.75 Å². The van der Waals surface area contributed by atoms with Crippen molar-refractivity contribution in [3.63, 3.8) is 0 Å². The van der Waals surface area contributed by atoms with Gasteiger partial charge in [0.2, 0.25) is 0 Å². The smallest absolute Gasteiger partial charge is 0.416 e. The molecule has 0 amide bonds. The third kappa shape index (κ3) is 3.84. The molecule has 3 rings (SSSR count). The molecule has 0 bridgehead atoms. The topological polar surface area (TPSA) is 58.0 Å². The van der Waals surface area contributed by atoms with Crippen LogP contribution in [0, 0.1) is 5.92 Å². The highest BCUT2D eigenvalue weighted by molar-refractivity contribution is 5.67. The molecule has 0 aliphatic carbocycles. The van der Waals surface area contributed by atoms with E-state index in [0.29, 0.717) is 17.7 Å². The van der Waals surface area contributed by atoms with Crippen molar-refractivity contribution in [1.82, 2.24) is 15.5 Å². The summed E-state index contributed by atoms with van der Waals surface area (Å²) in [7, 11) is 0. The first-order valence-corrected chi connectivity index (χ1v) is 7.87. The number of piperidine rings is 1. The average Bonchev–Trinajstić information content (AvgIpc) is 2.56. The van der Waals surface area contributed by atoms with Gasteiger partial charge in [-0.2, -0.15) is 23.4 Å². The molecule has 0 spiro atoms. The van der Waals surface area contributed by atoms with E-state index in [9.17, 15) is 18.3 Å². The summed E-state index contributed by atoms with van der Waals surface area (Å²) in [6.07, 6.45) is -1.37. The minimum absolute atomic E-state index is 0.237. The molecule has 2 aromatic rings. The van der Waals surface area contributed by atoms with Gasteiger partial charge in [-0.1, -0.05) is 0 Å². The second-order valence-electron chi connectivity index (χ2n) is 6.06. The van der Waals surface area contributed by atoms with Crippen LogP contribution in [0.2, 0.25) is 0 Å². The van der Waals surface area contributed by atoms with E-state index < -0.39 is 17.5 Å². The molecule has 1 fully saturated rings. The van der Waals surface area contributed by atoms with E-state index in [1.54, 1.807) is 6.07 Å². The first kappa shape index (κ1) is 16.7. The molecule has 1 aliphatic rings. The van der Waals surface area contributed by atoms with Gasteiger partial charge in [-0.25, -0.2) is 0 Å². The summed E-state index contributed by atoms with van der Waals surface area (Å²) < 4.78 is 37.9. The van der Waals surface area contributed by atoms with Gasteiger partial charge in [0.1, 0.15) is 5.75 Å². The van der Waals surface area contributed by atoms with E-state index in [1.807, 2.05) is 6.07 Å². The number of phenolic OH excluding ortho intramolecular Hbond substituents is 1. The number of benzene rings is 1. The van der Waals surface area contributed by atoms with Crippen LogP contribution in [0.4, 0.5) is 13.2 Å². The molecule has 0 saturated carbocycles. The average molecular weight is 337 g/mol. The Balaban J connectivity index is 1.75. The number of phenols is 1. The standard InChI is InChI=1S/C17H18F3N3O/c18-17(19,20)12-3-5-14(16(24)9-12)15-6-4-13(22-23-15)8-11-2-1-7-21-10-11/h3-6,9,11,21,24H,1-2,7-8,10H2. The molecular weight excluding hydrogens is 319 g/mol. The van der Waals surface area contributed by atoms with Gasteiger partial charge in [-0.3, -0.25) is 0 Å². The van der Waals surface area contributed by atoms with Gasteiger partial charge in [0.15, 0.2) is 0 Å². The van der Waals surface area contributed by atoms with Gasteiger partial charge in [0.05, 0.1) is 17.0 Å². The van der Waals surface area contributed by atoms with Crippen LogP contribution in [0.1, 0.15) is 24.1 Å². The van der Waals surface area contributed by atoms with Crippen molar-refractivity contribution >= 4 is 0 Å². The fourth-order valence-electron chi connectivity index (χ4n) is 2.93. The molecule has 4 nitrogen and oxygen atoms in total. The molecule has 1 aromatic carbocycles. The predicted molar refractivity (Wildman–Crippen MR) is 83.4 cm³/mol. The van der Waals surface area contributed by atoms with Crippen LogP contribution in [-0.2, 0) is 12.6 Å². The number of aromatic nitrogens is 2. The lowest BCUT2D eigenvalue weighted by molar-refractivity contribution is -0.137. The zero-order chi connectivity index (χ0) is 17.2. The van der Waals surface area contributed by atoms with E-state index in [2.05, 4.69) is 15.5 Å². The van der Waals surface area contributed by atoms with Crippen LogP contribution >= 0.6 is 0 Å². The Kier molecular flexibility index (Phi) is 4.71. The Morgan fingerprint density at radius 3 is 2.58 bits per heavy atom. The summed E-state index contributed by atoms with van der Waals surface area (Å²) in [5.41, 5.74) is 0.546. The summed E-state index contributed by atoms with van der Waals surface area (Å²) in [6.45, 7) is 2.01. The number of hydrogen-bond acceptors (Lipinski definition) is 4. The van der Waals surface area contributed by atoms with E-state index >= 15 is 0 Å². The Hall–Kier alpha value is -2.15. The molecule has 2 heterocycles. The Labute approximate surface area is 137 Å². The molecule has 0 radical (unpaired) electrons. The first-order valence-electron chi connectivity index (χ1n) is 7.87. The van der Waals surface area contributed by atoms with Gasteiger partial charge in [-0.05, 0) is 68.6 Å². The van der Waals surface area contributed by atoms with Crippen LogP contribution in [0.3, 0.4) is 0 Å². The van der Waals surface area contributed by atoms with Crippen molar-refractivity contribution in [2.75, 3.05) is 13.1 Å². The molecule has 1 unspecified atom stereocenters. The molecule has 1 aromatic heterocycles. The lowest BCUT2D eigenvalue weighted by Crippen LogP contribution is -2.31. The number of nitrogens with zero attached hydrogens (tertiary/aromatic N) is 2. The zero-order valence-corrected chi connectivity index (χ0v) is 13.0. The van der Waals surface area contributed by atoms with Gasteiger partial charge in [0, 0.05) is 5.56 Å². The van der Waals surface area contributed by atoms with Crippen LogP contribution in [-0.4, -0.2) is 28.4 Å².